The number of halogens is 1. The fourth-order valence-corrected chi connectivity index (χ4v) is 4.89. The monoisotopic (exact) mass is 565 g/mol. The van der Waals surface area contributed by atoms with Crippen LogP contribution in [-0.4, -0.2) is 56.8 Å². The van der Waals surface area contributed by atoms with Crippen molar-refractivity contribution in [1.29, 1.82) is 5.26 Å². The third kappa shape index (κ3) is 5.57. The third-order valence-corrected chi connectivity index (χ3v) is 7.22. The van der Waals surface area contributed by atoms with Crippen molar-refractivity contribution in [3.05, 3.63) is 62.0 Å². The van der Waals surface area contributed by atoms with E-state index in [0.717, 1.165) is 12.8 Å². The fraction of sp³-hybridized carbons (Fsp3) is 0.407. The number of morpholine rings is 1. The zero-order valence-corrected chi connectivity index (χ0v) is 22.8. The van der Waals surface area contributed by atoms with Crippen molar-refractivity contribution in [2.24, 2.45) is 5.92 Å². The molecule has 1 saturated heterocycles. The minimum absolute atomic E-state index is 0.0101. The van der Waals surface area contributed by atoms with E-state index in [1.54, 1.807) is 22.8 Å². The van der Waals surface area contributed by atoms with E-state index >= 15 is 0 Å². The van der Waals surface area contributed by atoms with Gasteiger partial charge in [0.05, 0.1) is 41.0 Å². The van der Waals surface area contributed by atoms with Gasteiger partial charge in [-0.1, -0.05) is 11.6 Å². The van der Waals surface area contributed by atoms with Crippen LogP contribution >= 0.6 is 11.6 Å². The number of urea groups is 1. The molecule has 208 valence electrons. The number of aromatic nitrogens is 3. The fourth-order valence-electron chi connectivity index (χ4n) is 4.69. The topological polar surface area (TPSA) is 151 Å². The van der Waals surface area contributed by atoms with Crippen molar-refractivity contribution in [3.63, 3.8) is 0 Å². The van der Waals surface area contributed by atoms with Crippen LogP contribution in [-0.2, 0) is 16.1 Å². The largest absolute Gasteiger partial charge is 0.365 e. The summed E-state index contributed by atoms with van der Waals surface area (Å²) in [4.78, 5) is 57.6. The van der Waals surface area contributed by atoms with Crippen LogP contribution in [0.25, 0.3) is 10.9 Å². The minimum Gasteiger partial charge on any atom is -0.365 e. The number of nitriles is 1. The highest BCUT2D eigenvalue weighted by Gasteiger charge is 2.30. The summed E-state index contributed by atoms with van der Waals surface area (Å²) in [6.45, 7) is 4.55. The molecular formula is C27H28ClN7O5. The summed E-state index contributed by atoms with van der Waals surface area (Å²) in [7, 11) is 0. The Kier molecular flexibility index (Phi) is 7.60. The first kappa shape index (κ1) is 27.4. The van der Waals surface area contributed by atoms with Crippen LogP contribution < -0.4 is 21.9 Å². The van der Waals surface area contributed by atoms with Gasteiger partial charge in [-0.2, -0.15) is 5.26 Å². The molecule has 0 radical (unpaired) electrons. The molecule has 1 atom stereocenters. The van der Waals surface area contributed by atoms with E-state index in [0.29, 0.717) is 34.7 Å². The Labute approximate surface area is 234 Å². The van der Waals surface area contributed by atoms with Gasteiger partial charge in [-0.3, -0.25) is 18.7 Å². The van der Waals surface area contributed by atoms with Crippen molar-refractivity contribution in [1.82, 2.24) is 19.0 Å². The van der Waals surface area contributed by atoms with E-state index in [4.69, 9.17) is 21.6 Å². The quantitative estimate of drug-likeness (QED) is 0.466. The van der Waals surface area contributed by atoms with Gasteiger partial charge in [-0.15, -0.1) is 0 Å². The molecule has 2 aromatic heterocycles. The highest BCUT2D eigenvalue weighted by Crippen LogP contribution is 2.30. The standard InChI is InChI=1S/C27H28ClN7O5/c1-15(2)35-22-6-5-17(9-19(22)25(37)34(27(35)39)13-16-3-4-16)32-26(38)33-7-8-40-23(14-33)24(36)31-18-10-20(28)21(11-29)30-12-18/h5-6,9-10,12,15-16,23H,3-4,7-8,13-14H2,1-2H3,(H,31,36)(H,32,38)/t23-/m1/s1. The number of hydrogen-bond donors (Lipinski definition) is 2. The number of benzene rings is 1. The average molecular weight is 566 g/mol. The van der Waals surface area contributed by atoms with Crippen LogP contribution in [0.4, 0.5) is 16.2 Å². The smallest absolute Gasteiger partial charge is 0.331 e. The van der Waals surface area contributed by atoms with Crippen molar-refractivity contribution >= 4 is 45.8 Å². The van der Waals surface area contributed by atoms with Gasteiger partial charge in [0.2, 0.25) is 0 Å². The van der Waals surface area contributed by atoms with Gasteiger partial charge in [0.1, 0.15) is 6.07 Å². The van der Waals surface area contributed by atoms with E-state index in [2.05, 4.69) is 15.6 Å². The summed E-state index contributed by atoms with van der Waals surface area (Å²) in [5.41, 5.74) is 0.540. The highest BCUT2D eigenvalue weighted by atomic mass is 35.5. The van der Waals surface area contributed by atoms with E-state index in [-0.39, 0.29) is 47.7 Å². The molecule has 2 fully saturated rings. The van der Waals surface area contributed by atoms with E-state index < -0.39 is 18.0 Å². The molecule has 3 heterocycles. The van der Waals surface area contributed by atoms with Crippen molar-refractivity contribution in [2.45, 2.75) is 45.4 Å². The number of fused-ring (bicyclic) bond motifs is 1. The second kappa shape index (κ2) is 11.1. The molecule has 2 aliphatic rings. The zero-order valence-electron chi connectivity index (χ0n) is 22.0. The van der Waals surface area contributed by atoms with Crippen LogP contribution in [0.5, 0.6) is 0 Å². The SMILES string of the molecule is CC(C)n1c(=O)n(CC2CC2)c(=O)c2cc(NC(=O)N3CCO[C@@H](C(=O)Nc4cnc(C#N)c(Cl)c4)C3)ccc21. The lowest BCUT2D eigenvalue weighted by atomic mass is 10.2. The lowest BCUT2D eigenvalue weighted by Gasteiger charge is -2.32. The number of pyridine rings is 1. The zero-order chi connectivity index (χ0) is 28.6. The Balaban J connectivity index is 1.32. The molecule has 0 unspecified atom stereocenters. The number of nitrogens with one attached hydrogen (secondary N) is 2. The molecule has 1 aliphatic heterocycles. The maximum absolute atomic E-state index is 13.3. The Morgan fingerprint density at radius 3 is 2.65 bits per heavy atom. The molecule has 2 N–H and O–H groups in total. The molecule has 40 heavy (non-hydrogen) atoms. The molecule has 0 bridgehead atoms. The van der Waals surface area contributed by atoms with Crippen LogP contribution in [0.1, 0.15) is 38.4 Å². The summed E-state index contributed by atoms with van der Waals surface area (Å²) in [5, 5.41) is 14.9. The second-order valence-electron chi connectivity index (χ2n) is 10.2. The first-order chi connectivity index (χ1) is 19.2. The van der Waals surface area contributed by atoms with Gasteiger partial charge in [-0.25, -0.2) is 14.6 Å². The van der Waals surface area contributed by atoms with Crippen molar-refractivity contribution in [2.75, 3.05) is 30.3 Å². The lowest BCUT2D eigenvalue weighted by molar-refractivity contribution is -0.131. The first-order valence-corrected chi connectivity index (χ1v) is 13.4. The molecule has 3 aromatic rings. The summed E-state index contributed by atoms with van der Waals surface area (Å²) in [6.07, 6.45) is 2.37. The van der Waals surface area contributed by atoms with Crippen LogP contribution in [0, 0.1) is 17.2 Å². The maximum atomic E-state index is 13.3. The molecular weight excluding hydrogens is 538 g/mol. The van der Waals surface area contributed by atoms with Crippen molar-refractivity contribution < 1.29 is 14.3 Å². The van der Waals surface area contributed by atoms with Gasteiger partial charge in [0.15, 0.2) is 11.8 Å². The van der Waals surface area contributed by atoms with Gasteiger partial charge in [0, 0.05) is 24.8 Å². The predicted molar refractivity (Wildman–Crippen MR) is 149 cm³/mol. The Hall–Kier alpha value is -4.21. The molecule has 13 heteroatoms. The number of anilines is 2. The molecule has 5 rings (SSSR count). The Morgan fingerprint density at radius 2 is 1.98 bits per heavy atom. The third-order valence-electron chi connectivity index (χ3n) is 6.93. The number of carbonyl (C=O) groups excluding carboxylic acids is 2. The molecule has 3 amide bonds. The summed E-state index contributed by atoms with van der Waals surface area (Å²) in [5.74, 6) is -0.156. The van der Waals surface area contributed by atoms with Gasteiger partial charge in [-0.05, 0) is 56.9 Å². The molecule has 1 aliphatic carbocycles. The molecule has 1 aromatic carbocycles. The average Bonchev–Trinajstić information content (AvgIpc) is 3.76. The maximum Gasteiger partial charge on any atom is 0.331 e. The first-order valence-electron chi connectivity index (χ1n) is 13.0. The number of hydrogen-bond acceptors (Lipinski definition) is 7. The normalized spacial score (nSPS) is 17.1. The Bertz CT molecular complexity index is 1650. The number of nitrogens with zero attached hydrogens (tertiary/aromatic N) is 5. The summed E-state index contributed by atoms with van der Waals surface area (Å²) in [6, 6.07) is 7.55. The highest BCUT2D eigenvalue weighted by molar-refractivity contribution is 6.31. The van der Waals surface area contributed by atoms with Crippen LogP contribution in [0.3, 0.4) is 0 Å². The molecule has 12 nitrogen and oxygen atoms in total. The van der Waals surface area contributed by atoms with Crippen LogP contribution in [0.2, 0.25) is 5.02 Å². The van der Waals surface area contributed by atoms with Crippen molar-refractivity contribution in [3.8, 4) is 6.07 Å². The minimum atomic E-state index is -0.944. The van der Waals surface area contributed by atoms with Gasteiger partial charge < -0.3 is 20.3 Å². The number of carbonyl (C=O) groups is 2. The van der Waals surface area contributed by atoms with Gasteiger partial charge >= 0.3 is 11.7 Å². The number of ether oxygens (including phenoxy) is 1. The van der Waals surface area contributed by atoms with Gasteiger partial charge in [0.25, 0.3) is 11.5 Å². The van der Waals surface area contributed by atoms with E-state index in [1.807, 2.05) is 19.9 Å². The van der Waals surface area contributed by atoms with Crippen LogP contribution in [0.15, 0.2) is 40.1 Å². The summed E-state index contributed by atoms with van der Waals surface area (Å²) >= 11 is 5.99. The number of rotatable bonds is 6. The predicted octanol–water partition coefficient (Wildman–Crippen LogP) is 2.95. The lowest BCUT2D eigenvalue weighted by Crippen LogP contribution is -2.51. The molecule has 1 saturated carbocycles. The Morgan fingerprint density at radius 1 is 1.20 bits per heavy atom. The summed E-state index contributed by atoms with van der Waals surface area (Å²) < 4.78 is 8.47. The van der Waals surface area contributed by atoms with E-state index in [1.165, 1.54) is 21.7 Å². The molecule has 0 spiro atoms. The number of amides is 3. The second-order valence-corrected chi connectivity index (χ2v) is 10.6. The van der Waals surface area contributed by atoms with E-state index in [9.17, 15) is 19.2 Å².